The van der Waals surface area contributed by atoms with Gasteiger partial charge in [0.1, 0.15) is 0 Å². The van der Waals surface area contributed by atoms with Crippen LogP contribution in [0.25, 0.3) is 0 Å². The van der Waals surface area contributed by atoms with Crippen LogP contribution in [-0.2, 0) is 7.05 Å². The summed E-state index contributed by atoms with van der Waals surface area (Å²) in [6, 6.07) is 9.16. The molecule has 0 spiro atoms. The number of benzene rings is 1. The van der Waals surface area contributed by atoms with Crippen molar-refractivity contribution in [2.45, 2.75) is 24.9 Å². The summed E-state index contributed by atoms with van der Waals surface area (Å²) in [5.41, 5.74) is 2.73. The van der Waals surface area contributed by atoms with Gasteiger partial charge in [0.2, 0.25) is 0 Å². The van der Waals surface area contributed by atoms with E-state index in [2.05, 4.69) is 34.1 Å². The number of hydrogen-bond donors (Lipinski definition) is 0. The molecule has 0 radical (unpaired) electrons. The van der Waals surface area contributed by atoms with Crippen molar-refractivity contribution in [1.29, 1.82) is 0 Å². The van der Waals surface area contributed by atoms with Gasteiger partial charge in [0.05, 0.1) is 12.1 Å². The Kier molecular flexibility index (Phi) is 2.10. The molecule has 2 unspecified atom stereocenters. The molecule has 0 aliphatic carbocycles. The van der Waals surface area contributed by atoms with Gasteiger partial charge in [-0.25, -0.2) is 4.98 Å². The van der Waals surface area contributed by atoms with Crippen molar-refractivity contribution < 1.29 is 0 Å². The molecule has 4 rings (SSSR count). The molecular formula is C15H15N3O. The number of aromatic nitrogens is 2. The van der Waals surface area contributed by atoms with Crippen molar-refractivity contribution >= 4 is 5.82 Å². The summed E-state index contributed by atoms with van der Waals surface area (Å²) >= 11 is 0. The number of rotatable bonds is 1. The van der Waals surface area contributed by atoms with E-state index in [1.165, 1.54) is 11.1 Å². The SMILES string of the molecule is Cn1ccnc(N2C3CCC2c2ccccc23)c1=O. The molecule has 96 valence electrons. The smallest absolute Gasteiger partial charge is 0.293 e. The average molecular weight is 253 g/mol. The lowest BCUT2D eigenvalue weighted by Gasteiger charge is -2.22. The first-order valence-electron chi connectivity index (χ1n) is 6.66. The first-order chi connectivity index (χ1) is 9.27. The highest BCUT2D eigenvalue weighted by molar-refractivity contribution is 5.55. The minimum Gasteiger partial charge on any atom is -0.338 e. The summed E-state index contributed by atoms with van der Waals surface area (Å²) in [6.07, 6.45) is 5.64. The fourth-order valence-corrected chi connectivity index (χ4v) is 3.50. The number of aryl methyl sites for hydroxylation is 1. The van der Waals surface area contributed by atoms with Crippen LogP contribution in [0.3, 0.4) is 0 Å². The van der Waals surface area contributed by atoms with Gasteiger partial charge in [-0.05, 0) is 24.0 Å². The van der Waals surface area contributed by atoms with Gasteiger partial charge >= 0.3 is 0 Å². The molecule has 0 amide bonds. The molecule has 2 aliphatic rings. The van der Waals surface area contributed by atoms with Gasteiger partial charge in [-0.1, -0.05) is 24.3 Å². The summed E-state index contributed by atoms with van der Waals surface area (Å²) in [4.78, 5) is 18.8. The highest BCUT2D eigenvalue weighted by Crippen LogP contribution is 2.53. The normalized spacial score (nSPS) is 23.7. The van der Waals surface area contributed by atoms with E-state index in [1.54, 1.807) is 24.0 Å². The molecular weight excluding hydrogens is 238 g/mol. The van der Waals surface area contributed by atoms with E-state index in [4.69, 9.17) is 0 Å². The second-order valence-corrected chi connectivity index (χ2v) is 5.31. The van der Waals surface area contributed by atoms with Crippen LogP contribution >= 0.6 is 0 Å². The standard InChI is InChI=1S/C15H15N3O/c1-17-9-8-16-14(15(17)19)18-12-6-7-13(18)11-5-3-2-4-10(11)12/h2-5,8-9,12-13H,6-7H2,1H3. The van der Waals surface area contributed by atoms with Crippen LogP contribution in [-0.4, -0.2) is 9.55 Å². The van der Waals surface area contributed by atoms with Crippen LogP contribution in [0.5, 0.6) is 0 Å². The highest BCUT2D eigenvalue weighted by atomic mass is 16.1. The Balaban J connectivity index is 1.88. The Morgan fingerprint density at radius 3 is 2.42 bits per heavy atom. The van der Waals surface area contributed by atoms with Crippen LogP contribution in [0, 0.1) is 0 Å². The minimum atomic E-state index is -0.00722. The van der Waals surface area contributed by atoms with Crippen LogP contribution in [0.1, 0.15) is 36.1 Å². The Hall–Kier alpha value is -2.10. The molecule has 2 bridgehead atoms. The molecule has 1 fully saturated rings. The lowest BCUT2D eigenvalue weighted by molar-refractivity contribution is 0.708. The lowest BCUT2D eigenvalue weighted by Crippen LogP contribution is -2.30. The van der Waals surface area contributed by atoms with Crippen molar-refractivity contribution in [1.82, 2.24) is 9.55 Å². The molecule has 0 N–H and O–H groups in total. The van der Waals surface area contributed by atoms with E-state index in [0.29, 0.717) is 17.9 Å². The Morgan fingerprint density at radius 2 is 1.79 bits per heavy atom. The maximum absolute atomic E-state index is 12.3. The summed E-state index contributed by atoms with van der Waals surface area (Å²) in [7, 11) is 1.78. The van der Waals surface area contributed by atoms with Crippen molar-refractivity contribution in [3.8, 4) is 0 Å². The summed E-state index contributed by atoms with van der Waals surface area (Å²) in [5.74, 6) is 0.591. The molecule has 2 aromatic rings. The summed E-state index contributed by atoms with van der Waals surface area (Å²) in [6.45, 7) is 0. The van der Waals surface area contributed by atoms with Crippen molar-refractivity contribution in [2.75, 3.05) is 4.90 Å². The average Bonchev–Trinajstić information content (AvgIpc) is 2.99. The molecule has 4 nitrogen and oxygen atoms in total. The van der Waals surface area contributed by atoms with Crippen LogP contribution in [0.15, 0.2) is 41.5 Å². The molecule has 1 aromatic heterocycles. The summed E-state index contributed by atoms with van der Waals surface area (Å²) < 4.78 is 1.60. The maximum Gasteiger partial charge on any atom is 0.293 e. The zero-order valence-corrected chi connectivity index (χ0v) is 10.8. The first-order valence-corrected chi connectivity index (χ1v) is 6.66. The predicted octanol–water partition coefficient (Wildman–Crippen LogP) is 2.18. The van der Waals surface area contributed by atoms with E-state index in [9.17, 15) is 4.79 Å². The number of nitrogens with zero attached hydrogens (tertiary/aromatic N) is 3. The fraction of sp³-hybridized carbons (Fsp3) is 0.333. The molecule has 2 atom stereocenters. The molecule has 0 saturated carbocycles. The van der Waals surface area contributed by atoms with Crippen molar-refractivity contribution in [3.05, 3.63) is 58.1 Å². The van der Waals surface area contributed by atoms with Crippen LogP contribution in [0.4, 0.5) is 5.82 Å². The highest BCUT2D eigenvalue weighted by Gasteiger charge is 2.45. The number of fused-ring (bicyclic) bond motifs is 5. The Labute approximate surface area is 111 Å². The third-order valence-electron chi connectivity index (χ3n) is 4.34. The van der Waals surface area contributed by atoms with Crippen molar-refractivity contribution in [3.63, 3.8) is 0 Å². The van der Waals surface area contributed by atoms with Gasteiger partial charge in [-0.15, -0.1) is 0 Å². The van der Waals surface area contributed by atoms with E-state index < -0.39 is 0 Å². The number of hydrogen-bond acceptors (Lipinski definition) is 3. The van der Waals surface area contributed by atoms with Gasteiger partial charge in [0, 0.05) is 19.4 Å². The lowest BCUT2D eigenvalue weighted by atomic mass is 9.92. The van der Waals surface area contributed by atoms with E-state index >= 15 is 0 Å². The Morgan fingerprint density at radius 1 is 1.16 bits per heavy atom. The second kappa shape index (κ2) is 3.70. The largest absolute Gasteiger partial charge is 0.338 e. The monoisotopic (exact) mass is 253 g/mol. The van der Waals surface area contributed by atoms with Gasteiger partial charge in [-0.3, -0.25) is 4.79 Å². The number of anilines is 1. The van der Waals surface area contributed by atoms with E-state index in [1.807, 2.05) is 0 Å². The second-order valence-electron chi connectivity index (χ2n) is 5.31. The molecule has 19 heavy (non-hydrogen) atoms. The van der Waals surface area contributed by atoms with Gasteiger partial charge in [0.15, 0.2) is 5.82 Å². The van der Waals surface area contributed by atoms with Gasteiger partial charge in [-0.2, -0.15) is 0 Å². The maximum atomic E-state index is 12.3. The third-order valence-corrected chi connectivity index (χ3v) is 4.34. The quantitative estimate of drug-likeness (QED) is 0.781. The zero-order valence-electron chi connectivity index (χ0n) is 10.8. The van der Waals surface area contributed by atoms with Crippen LogP contribution in [0.2, 0.25) is 0 Å². The summed E-state index contributed by atoms with van der Waals surface area (Å²) in [5, 5.41) is 0. The van der Waals surface area contributed by atoms with E-state index in [0.717, 1.165) is 12.8 Å². The molecule has 1 aromatic carbocycles. The molecule has 3 heterocycles. The first kappa shape index (κ1) is 10.8. The predicted molar refractivity (Wildman–Crippen MR) is 73.1 cm³/mol. The zero-order chi connectivity index (χ0) is 13.0. The molecule has 2 aliphatic heterocycles. The van der Waals surface area contributed by atoms with E-state index in [-0.39, 0.29) is 5.56 Å². The topological polar surface area (TPSA) is 38.1 Å². The van der Waals surface area contributed by atoms with Gasteiger partial charge in [0.25, 0.3) is 5.56 Å². The van der Waals surface area contributed by atoms with Crippen molar-refractivity contribution in [2.24, 2.45) is 7.05 Å². The fourth-order valence-electron chi connectivity index (χ4n) is 3.50. The van der Waals surface area contributed by atoms with Crippen LogP contribution < -0.4 is 10.5 Å². The van der Waals surface area contributed by atoms with Gasteiger partial charge < -0.3 is 9.47 Å². The minimum absolute atomic E-state index is 0.00722. The Bertz CT molecular complexity index is 676. The third kappa shape index (κ3) is 1.34. The molecule has 4 heteroatoms. The molecule has 1 saturated heterocycles.